The highest BCUT2D eigenvalue weighted by Crippen LogP contribution is 2.20. The lowest BCUT2D eigenvalue weighted by atomic mass is 10.1. The van der Waals surface area contributed by atoms with Crippen molar-refractivity contribution in [3.05, 3.63) is 62.8 Å². The van der Waals surface area contributed by atoms with Gasteiger partial charge in [-0.05, 0) is 31.5 Å². The van der Waals surface area contributed by atoms with Crippen molar-refractivity contribution in [2.75, 3.05) is 13.7 Å². The molecule has 1 amide bonds. The van der Waals surface area contributed by atoms with Crippen LogP contribution in [0.2, 0.25) is 5.02 Å². The molecule has 0 saturated heterocycles. The van der Waals surface area contributed by atoms with E-state index in [0.29, 0.717) is 29.4 Å². The minimum Gasteiger partial charge on any atom is -0.496 e. The number of methoxy groups -OCH3 is 1. The van der Waals surface area contributed by atoms with Crippen LogP contribution in [-0.4, -0.2) is 24.1 Å². The second-order valence-electron chi connectivity index (χ2n) is 5.58. The molecule has 25 heavy (non-hydrogen) atoms. The number of halogens is 2. The van der Waals surface area contributed by atoms with E-state index in [1.54, 1.807) is 23.6 Å². The molecule has 134 valence electrons. The number of aryl methyl sites for hydroxylation is 1. The van der Waals surface area contributed by atoms with Crippen LogP contribution in [0.4, 0.5) is 4.39 Å². The van der Waals surface area contributed by atoms with Gasteiger partial charge >= 0.3 is 0 Å². The van der Waals surface area contributed by atoms with Gasteiger partial charge in [0.05, 0.1) is 7.11 Å². The van der Waals surface area contributed by atoms with Crippen molar-refractivity contribution in [3.63, 3.8) is 0 Å². The molecular formula is C18H20ClFN2O3. The minimum absolute atomic E-state index is 0.122. The second kappa shape index (κ2) is 8.67. The fourth-order valence-corrected chi connectivity index (χ4v) is 2.77. The Hall–Kier alpha value is -2.34. The van der Waals surface area contributed by atoms with Crippen LogP contribution in [0.15, 0.2) is 35.1 Å². The van der Waals surface area contributed by atoms with Gasteiger partial charge < -0.3 is 14.6 Å². The predicted molar refractivity (Wildman–Crippen MR) is 94.7 cm³/mol. The molecule has 0 aliphatic rings. The largest absolute Gasteiger partial charge is 0.496 e. The van der Waals surface area contributed by atoms with Gasteiger partial charge in [-0.15, -0.1) is 0 Å². The van der Waals surface area contributed by atoms with E-state index in [0.717, 1.165) is 5.69 Å². The molecule has 1 aromatic heterocycles. The number of rotatable bonds is 7. The van der Waals surface area contributed by atoms with Gasteiger partial charge in [-0.25, -0.2) is 4.39 Å². The van der Waals surface area contributed by atoms with Crippen molar-refractivity contribution >= 4 is 17.5 Å². The van der Waals surface area contributed by atoms with E-state index in [1.807, 2.05) is 0 Å². The summed E-state index contributed by atoms with van der Waals surface area (Å²) in [7, 11) is 1.50. The van der Waals surface area contributed by atoms with Crippen LogP contribution in [-0.2, 0) is 17.8 Å². The van der Waals surface area contributed by atoms with Crippen molar-refractivity contribution < 1.29 is 13.9 Å². The Bertz CT molecular complexity index is 800. The summed E-state index contributed by atoms with van der Waals surface area (Å²) >= 11 is 5.94. The molecule has 0 fully saturated rings. The smallest absolute Gasteiger partial charge is 0.254 e. The van der Waals surface area contributed by atoms with Gasteiger partial charge in [0.1, 0.15) is 11.6 Å². The monoisotopic (exact) mass is 366 g/mol. The number of benzene rings is 1. The second-order valence-corrected chi connectivity index (χ2v) is 5.98. The van der Waals surface area contributed by atoms with Crippen molar-refractivity contribution in [2.24, 2.45) is 0 Å². The van der Waals surface area contributed by atoms with Crippen molar-refractivity contribution in [2.45, 2.75) is 26.3 Å². The van der Waals surface area contributed by atoms with Crippen LogP contribution < -0.4 is 15.6 Å². The van der Waals surface area contributed by atoms with Crippen LogP contribution in [0, 0.1) is 12.7 Å². The Morgan fingerprint density at radius 3 is 2.76 bits per heavy atom. The number of hydrogen-bond donors (Lipinski definition) is 1. The summed E-state index contributed by atoms with van der Waals surface area (Å²) in [5.41, 5.74) is 0.891. The molecule has 0 aliphatic heterocycles. The van der Waals surface area contributed by atoms with Crippen molar-refractivity contribution in [1.29, 1.82) is 0 Å². The van der Waals surface area contributed by atoms with Gasteiger partial charge in [0, 0.05) is 41.9 Å². The molecule has 5 nitrogen and oxygen atoms in total. The molecule has 1 N–H and O–H groups in total. The zero-order chi connectivity index (χ0) is 18.4. The van der Waals surface area contributed by atoms with E-state index in [2.05, 4.69) is 5.32 Å². The third-order valence-electron chi connectivity index (χ3n) is 3.87. The Balaban J connectivity index is 1.86. The molecule has 0 saturated carbocycles. The first-order valence-electron chi connectivity index (χ1n) is 7.87. The molecule has 1 heterocycles. The van der Waals surface area contributed by atoms with Crippen molar-refractivity contribution in [1.82, 2.24) is 9.88 Å². The summed E-state index contributed by atoms with van der Waals surface area (Å²) in [6.45, 7) is 2.45. The van der Waals surface area contributed by atoms with Gasteiger partial charge in [-0.1, -0.05) is 17.7 Å². The summed E-state index contributed by atoms with van der Waals surface area (Å²) in [4.78, 5) is 23.9. The van der Waals surface area contributed by atoms with Crippen LogP contribution in [0.5, 0.6) is 5.75 Å². The molecule has 0 unspecified atom stereocenters. The summed E-state index contributed by atoms with van der Waals surface area (Å²) in [5.74, 6) is -0.135. The number of ether oxygens (including phenoxy) is 1. The lowest BCUT2D eigenvalue weighted by Crippen LogP contribution is -2.31. The molecule has 0 aliphatic carbocycles. The van der Waals surface area contributed by atoms with Crippen LogP contribution in [0.3, 0.4) is 0 Å². The van der Waals surface area contributed by atoms with Crippen LogP contribution in [0.25, 0.3) is 0 Å². The summed E-state index contributed by atoms with van der Waals surface area (Å²) in [5, 5.41) is 3.04. The zero-order valence-corrected chi connectivity index (χ0v) is 14.9. The number of nitrogens with zero attached hydrogens (tertiary/aromatic N) is 1. The molecule has 0 bridgehead atoms. The number of carbonyl (C=O) groups excluding carboxylic acids is 1. The highest BCUT2D eigenvalue weighted by molar-refractivity contribution is 6.31. The lowest BCUT2D eigenvalue weighted by molar-refractivity contribution is -0.121. The normalized spacial score (nSPS) is 10.6. The van der Waals surface area contributed by atoms with E-state index < -0.39 is 5.82 Å². The maximum atomic E-state index is 13.7. The minimum atomic E-state index is -0.416. The fraction of sp³-hybridized carbons (Fsp3) is 0.333. The Kier molecular flexibility index (Phi) is 6.58. The van der Waals surface area contributed by atoms with E-state index in [4.69, 9.17) is 16.3 Å². The highest BCUT2D eigenvalue weighted by atomic mass is 35.5. The fourth-order valence-electron chi connectivity index (χ4n) is 2.51. The van der Waals surface area contributed by atoms with E-state index in [9.17, 15) is 14.0 Å². The topological polar surface area (TPSA) is 60.3 Å². The predicted octanol–water partition coefficient (Wildman–Crippen LogP) is 2.71. The molecular weight excluding hydrogens is 347 g/mol. The Morgan fingerprint density at radius 2 is 2.12 bits per heavy atom. The maximum absolute atomic E-state index is 13.7. The van der Waals surface area contributed by atoms with Gasteiger partial charge in [0.2, 0.25) is 5.91 Å². The van der Waals surface area contributed by atoms with E-state index in [-0.39, 0.29) is 24.3 Å². The number of carbonyl (C=O) groups is 1. The summed E-state index contributed by atoms with van der Waals surface area (Å²) in [6, 6.07) is 7.59. The Morgan fingerprint density at radius 1 is 1.36 bits per heavy atom. The summed E-state index contributed by atoms with van der Waals surface area (Å²) in [6.07, 6.45) is 0.343. The standard InChI is InChI=1S/C18H20ClFN2O3/c1-12-10-13(25-2)11-18(24)22(12)9-8-21-17(23)7-6-14-15(19)4-3-5-16(14)20/h3-5,10-11H,6-9H2,1-2H3,(H,21,23). The molecule has 7 heteroatoms. The zero-order valence-electron chi connectivity index (χ0n) is 14.1. The average Bonchev–Trinajstić information content (AvgIpc) is 2.56. The number of amides is 1. The van der Waals surface area contributed by atoms with Gasteiger partial charge in [-0.2, -0.15) is 0 Å². The molecule has 2 aromatic rings. The molecule has 2 rings (SSSR count). The number of hydrogen-bond acceptors (Lipinski definition) is 3. The van der Waals surface area contributed by atoms with E-state index in [1.165, 1.54) is 25.3 Å². The average molecular weight is 367 g/mol. The quantitative estimate of drug-likeness (QED) is 0.819. The van der Waals surface area contributed by atoms with Crippen molar-refractivity contribution in [3.8, 4) is 5.75 Å². The molecule has 1 aromatic carbocycles. The molecule has 0 spiro atoms. The highest BCUT2D eigenvalue weighted by Gasteiger charge is 2.10. The number of pyridine rings is 1. The first-order chi connectivity index (χ1) is 11.9. The maximum Gasteiger partial charge on any atom is 0.254 e. The van der Waals surface area contributed by atoms with Gasteiger partial charge in [-0.3, -0.25) is 9.59 Å². The lowest BCUT2D eigenvalue weighted by Gasteiger charge is -2.12. The molecule has 0 radical (unpaired) electrons. The van der Waals surface area contributed by atoms with E-state index >= 15 is 0 Å². The Labute approximate surface area is 150 Å². The third kappa shape index (κ3) is 5.06. The van der Waals surface area contributed by atoms with Crippen LogP contribution >= 0.6 is 11.6 Å². The molecule has 0 atom stereocenters. The third-order valence-corrected chi connectivity index (χ3v) is 4.22. The summed E-state index contributed by atoms with van der Waals surface area (Å²) < 4.78 is 20.3. The van der Waals surface area contributed by atoms with Gasteiger partial charge in [0.25, 0.3) is 5.56 Å². The first kappa shape index (κ1) is 19.0. The SMILES string of the molecule is COc1cc(C)n(CCNC(=O)CCc2c(F)cccc2Cl)c(=O)c1. The number of nitrogens with one attached hydrogen (secondary N) is 1. The van der Waals surface area contributed by atoms with Gasteiger partial charge in [0.15, 0.2) is 0 Å². The first-order valence-corrected chi connectivity index (χ1v) is 8.25. The van der Waals surface area contributed by atoms with Crippen LogP contribution in [0.1, 0.15) is 17.7 Å². The number of aromatic nitrogens is 1.